The van der Waals surface area contributed by atoms with Crippen LogP contribution in [-0.4, -0.2) is 39.6 Å². The van der Waals surface area contributed by atoms with E-state index in [0.717, 1.165) is 42.0 Å². The number of aryl methyl sites for hydroxylation is 1. The lowest BCUT2D eigenvalue weighted by molar-refractivity contribution is 0.0941. The van der Waals surface area contributed by atoms with Gasteiger partial charge in [-0.25, -0.2) is 9.89 Å². The summed E-state index contributed by atoms with van der Waals surface area (Å²) >= 11 is 1.49. The summed E-state index contributed by atoms with van der Waals surface area (Å²) in [6.45, 7) is 5.29. The van der Waals surface area contributed by atoms with Gasteiger partial charge in [0.25, 0.3) is 0 Å². The van der Waals surface area contributed by atoms with Crippen molar-refractivity contribution in [1.82, 2.24) is 19.7 Å². The normalized spacial score (nSPS) is 17.4. The van der Waals surface area contributed by atoms with Gasteiger partial charge in [-0.1, -0.05) is 11.8 Å². The summed E-state index contributed by atoms with van der Waals surface area (Å²) in [5.41, 5.74) is 2.77. The Bertz CT molecular complexity index is 765. The molecule has 1 saturated heterocycles. The molecule has 0 aromatic carbocycles. The Morgan fingerprint density at radius 2 is 2.33 bits per heavy atom. The van der Waals surface area contributed by atoms with Crippen LogP contribution in [0.2, 0.25) is 0 Å². The summed E-state index contributed by atoms with van der Waals surface area (Å²) in [4.78, 5) is 16.5. The molecule has 8 heteroatoms. The maximum absolute atomic E-state index is 12.0. The number of hydrogen-bond donors (Lipinski definition) is 1. The van der Waals surface area contributed by atoms with Gasteiger partial charge in [0, 0.05) is 29.7 Å². The molecule has 1 aliphatic rings. The van der Waals surface area contributed by atoms with Gasteiger partial charge in [0.1, 0.15) is 5.75 Å². The van der Waals surface area contributed by atoms with Crippen LogP contribution in [0.5, 0.6) is 5.75 Å². The highest BCUT2D eigenvalue weighted by atomic mass is 32.2. The minimum atomic E-state index is -0.195. The molecule has 0 bridgehead atoms. The number of aromatic amines is 1. The Hall–Kier alpha value is -1.80. The number of H-pyrrole nitrogens is 1. The second-order valence-electron chi connectivity index (χ2n) is 5.89. The lowest BCUT2D eigenvalue weighted by Gasteiger charge is -2.13. The highest BCUT2D eigenvalue weighted by Crippen LogP contribution is 2.28. The number of ether oxygens (including phenoxy) is 2. The van der Waals surface area contributed by atoms with Crippen LogP contribution in [0.3, 0.4) is 0 Å². The minimum Gasteiger partial charge on any atom is -0.496 e. The first-order valence-corrected chi connectivity index (χ1v) is 8.97. The van der Waals surface area contributed by atoms with Crippen molar-refractivity contribution in [2.24, 2.45) is 0 Å². The number of rotatable bonds is 6. The molecule has 130 valence electrons. The third-order valence-corrected chi connectivity index (χ3v) is 5.21. The van der Waals surface area contributed by atoms with Gasteiger partial charge in [-0.05, 0) is 26.7 Å². The molecule has 2 aromatic heterocycles. The Morgan fingerprint density at radius 3 is 3.04 bits per heavy atom. The van der Waals surface area contributed by atoms with Crippen molar-refractivity contribution >= 4 is 11.8 Å². The number of hydrogen-bond acceptors (Lipinski definition) is 6. The van der Waals surface area contributed by atoms with Gasteiger partial charge in [0.05, 0.1) is 25.5 Å². The van der Waals surface area contributed by atoms with E-state index in [4.69, 9.17) is 9.47 Å². The van der Waals surface area contributed by atoms with E-state index in [1.165, 1.54) is 11.8 Å². The van der Waals surface area contributed by atoms with E-state index in [2.05, 4.69) is 15.2 Å². The minimum absolute atomic E-state index is 0.0963. The van der Waals surface area contributed by atoms with Gasteiger partial charge in [0.2, 0.25) is 0 Å². The predicted molar refractivity (Wildman–Crippen MR) is 91.6 cm³/mol. The molecule has 0 radical (unpaired) electrons. The van der Waals surface area contributed by atoms with Gasteiger partial charge in [-0.3, -0.25) is 9.55 Å². The van der Waals surface area contributed by atoms with Crippen molar-refractivity contribution < 1.29 is 9.47 Å². The molecule has 0 saturated carbocycles. The van der Waals surface area contributed by atoms with E-state index in [1.807, 2.05) is 20.0 Å². The topological polar surface area (TPSA) is 82.0 Å². The van der Waals surface area contributed by atoms with Crippen molar-refractivity contribution in [1.29, 1.82) is 0 Å². The van der Waals surface area contributed by atoms with Crippen molar-refractivity contribution in [3.05, 3.63) is 33.5 Å². The lowest BCUT2D eigenvalue weighted by atomic mass is 10.1. The van der Waals surface area contributed by atoms with Gasteiger partial charge >= 0.3 is 5.69 Å². The smallest absolute Gasteiger partial charge is 0.344 e. The zero-order valence-corrected chi connectivity index (χ0v) is 15.0. The molecule has 1 N–H and O–H groups in total. The van der Waals surface area contributed by atoms with Crippen LogP contribution in [0.4, 0.5) is 0 Å². The third-order valence-electron chi connectivity index (χ3n) is 4.22. The van der Waals surface area contributed by atoms with Crippen molar-refractivity contribution in [3.8, 4) is 5.75 Å². The van der Waals surface area contributed by atoms with Gasteiger partial charge in [0.15, 0.2) is 5.16 Å². The SMILES string of the molecule is COc1c(C)cnc(CSc2n[nH]c(=O)n2CC2CCCO2)c1C. The van der Waals surface area contributed by atoms with Gasteiger partial charge < -0.3 is 9.47 Å². The number of thioether (sulfide) groups is 1. The molecule has 1 atom stereocenters. The molecule has 0 spiro atoms. The molecule has 3 heterocycles. The van der Waals surface area contributed by atoms with E-state index in [0.29, 0.717) is 17.5 Å². The maximum Gasteiger partial charge on any atom is 0.344 e. The fourth-order valence-electron chi connectivity index (χ4n) is 2.92. The molecular weight excluding hydrogens is 328 g/mol. The molecule has 3 rings (SSSR count). The fourth-order valence-corrected chi connectivity index (χ4v) is 3.90. The summed E-state index contributed by atoms with van der Waals surface area (Å²) in [5.74, 6) is 1.48. The molecule has 2 aromatic rings. The molecule has 7 nitrogen and oxygen atoms in total. The second-order valence-corrected chi connectivity index (χ2v) is 6.83. The van der Waals surface area contributed by atoms with E-state index in [9.17, 15) is 4.79 Å². The molecule has 24 heavy (non-hydrogen) atoms. The van der Waals surface area contributed by atoms with Crippen LogP contribution in [0.1, 0.15) is 29.7 Å². The number of methoxy groups -OCH3 is 1. The van der Waals surface area contributed by atoms with E-state index < -0.39 is 0 Å². The molecule has 1 fully saturated rings. The third kappa shape index (κ3) is 3.49. The lowest BCUT2D eigenvalue weighted by Crippen LogP contribution is -2.25. The first-order chi connectivity index (χ1) is 11.6. The average Bonchev–Trinajstić information content (AvgIpc) is 3.19. The van der Waals surface area contributed by atoms with Crippen molar-refractivity contribution in [2.75, 3.05) is 13.7 Å². The van der Waals surface area contributed by atoms with Crippen molar-refractivity contribution in [3.63, 3.8) is 0 Å². The summed E-state index contributed by atoms with van der Waals surface area (Å²) in [6.07, 6.45) is 3.94. The van der Waals surface area contributed by atoms with Crippen LogP contribution in [0, 0.1) is 13.8 Å². The van der Waals surface area contributed by atoms with E-state index >= 15 is 0 Å². The fraction of sp³-hybridized carbons (Fsp3) is 0.562. The predicted octanol–water partition coefficient (Wildman–Crippen LogP) is 2.06. The Morgan fingerprint density at radius 1 is 1.50 bits per heavy atom. The highest BCUT2D eigenvalue weighted by molar-refractivity contribution is 7.98. The van der Waals surface area contributed by atoms with Crippen LogP contribution in [0.25, 0.3) is 0 Å². The van der Waals surface area contributed by atoms with Crippen molar-refractivity contribution in [2.45, 2.75) is 50.2 Å². The van der Waals surface area contributed by atoms with Gasteiger partial charge in [-0.15, -0.1) is 5.10 Å². The van der Waals surface area contributed by atoms with Crippen LogP contribution < -0.4 is 10.4 Å². The first-order valence-electron chi connectivity index (χ1n) is 7.98. The Balaban J connectivity index is 1.74. The number of aromatic nitrogens is 4. The summed E-state index contributed by atoms with van der Waals surface area (Å²) in [5, 5.41) is 7.33. The Kier molecular flexibility index (Phi) is 5.25. The average molecular weight is 350 g/mol. The molecule has 1 unspecified atom stereocenters. The molecule has 0 amide bonds. The zero-order valence-electron chi connectivity index (χ0n) is 14.2. The van der Waals surface area contributed by atoms with E-state index in [-0.39, 0.29) is 11.8 Å². The number of nitrogens with one attached hydrogen (secondary N) is 1. The maximum atomic E-state index is 12.0. The zero-order chi connectivity index (χ0) is 17.1. The quantitative estimate of drug-likeness (QED) is 0.803. The molecule has 0 aliphatic carbocycles. The standard InChI is InChI=1S/C16H22N4O3S/c1-10-7-17-13(11(2)14(10)22-3)9-24-16-19-18-15(21)20(16)8-12-5-4-6-23-12/h7,12H,4-6,8-9H2,1-3H3,(H,18,21). The van der Waals surface area contributed by atoms with E-state index in [1.54, 1.807) is 11.7 Å². The summed E-state index contributed by atoms with van der Waals surface area (Å²) in [7, 11) is 1.67. The molecule has 1 aliphatic heterocycles. The van der Waals surface area contributed by atoms with Crippen LogP contribution >= 0.6 is 11.8 Å². The first kappa shape index (κ1) is 17.0. The van der Waals surface area contributed by atoms with Crippen LogP contribution in [0.15, 0.2) is 16.1 Å². The monoisotopic (exact) mass is 350 g/mol. The van der Waals surface area contributed by atoms with Gasteiger partial charge in [-0.2, -0.15) is 0 Å². The largest absolute Gasteiger partial charge is 0.496 e. The Labute approximate surface area is 144 Å². The summed E-state index contributed by atoms with van der Waals surface area (Å²) in [6, 6.07) is 0. The number of pyridine rings is 1. The molecular formula is C16H22N4O3S. The number of nitrogens with zero attached hydrogens (tertiary/aromatic N) is 3. The summed E-state index contributed by atoms with van der Waals surface area (Å²) < 4.78 is 12.7. The highest BCUT2D eigenvalue weighted by Gasteiger charge is 2.20. The second kappa shape index (κ2) is 7.40. The van der Waals surface area contributed by atoms with Crippen LogP contribution in [-0.2, 0) is 17.0 Å².